The average Bonchev–Trinajstić information content (AvgIpc) is 3.27. The molecule has 0 bridgehead atoms. The van der Waals surface area contributed by atoms with E-state index in [4.69, 9.17) is 4.42 Å². The molecule has 27 heavy (non-hydrogen) atoms. The first-order chi connectivity index (χ1) is 12.8. The lowest BCUT2D eigenvalue weighted by Gasteiger charge is -2.34. The molecule has 5 nitrogen and oxygen atoms in total. The second kappa shape index (κ2) is 6.84. The number of rotatable bonds is 2. The Morgan fingerprint density at radius 3 is 2.37 bits per heavy atom. The van der Waals surface area contributed by atoms with Crippen LogP contribution in [-0.2, 0) is 10.2 Å². The molecule has 1 amide bonds. The van der Waals surface area contributed by atoms with Gasteiger partial charge in [-0.05, 0) is 48.8 Å². The lowest BCUT2D eigenvalue weighted by Crippen LogP contribution is -2.42. The molecule has 0 unspecified atom stereocenters. The van der Waals surface area contributed by atoms with Crippen molar-refractivity contribution in [2.45, 2.75) is 70.8 Å². The summed E-state index contributed by atoms with van der Waals surface area (Å²) in [6, 6.07) is 6.14. The van der Waals surface area contributed by atoms with Crippen molar-refractivity contribution in [2.24, 2.45) is 5.92 Å². The van der Waals surface area contributed by atoms with E-state index in [2.05, 4.69) is 26.8 Å². The van der Waals surface area contributed by atoms with Gasteiger partial charge in [0.2, 0.25) is 5.91 Å². The SMILES string of the molecule is CC(C)(C)c1ccc2oc(=O)n(C3CCN(C(=O)C4CCCC4)CC3)c2c1. The lowest BCUT2D eigenvalue weighted by atomic mass is 9.87. The molecule has 1 aliphatic carbocycles. The van der Waals surface area contributed by atoms with Crippen molar-refractivity contribution in [2.75, 3.05) is 13.1 Å². The van der Waals surface area contributed by atoms with Crippen LogP contribution < -0.4 is 5.76 Å². The van der Waals surface area contributed by atoms with Gasteiger partial charge in [-0.25, -0.2) is 4.79 Å². The van der Waals surface area contributed by atoms with Crippen molar-refractivity contribution in [3.63, 3.8) is 0 Å². The van der Waals surface area contributed by atoms with E-state index in [0.29, 0.717) is 11.5 Å². The Kier molecular flexibility index (Phi) is 4.65. The fourth-order valence-electron chi connectivity index (χ4n) is 4.62. The minimum Gasteiger partial charge on any atom is -0.408 e. The van der Waals surface area contributed by atoms with E-state index < -0.39 is 0 Å². The summed E-state index contributed by atoms with van der Waals surface area (Å²) in [6.45, 7) is 7.98. The molecule has 5 heteroatoms. The van der Waals surface area contributed by atoms with Crippen molar-refractivity contribution in [3.05, 3.63) is 34.3 Å². The van der Waals surface area contributed by atoms with Gasteiger partial charge in [0, 0.05) is 25.0 Å². The first-order valence-corrected chi connectivity index (χ1v) is 10.3. The van der Waals surface area contributed by atoms with E-state index in [0.717, 1.165) is 44.3 Å². The molecule has 1 aliphatic heterocycles. The number of nitrogens with zero attached hydrogens (tertiary/aromatic N) is 2. The number of hydrogen-bond acceptors (Lipinski definition) is 3. The van der Waals surface area contributed by atoms with Gasteiger partial charge < -0.3 is 9.32 Å². The zero-order valence-electron chi connectivity index (χ0n) is 16.7. The molecule has 2 aliphatic rings. The number of amides is 1. The second-order valence-corrected chi connectivity index (χ2v) is 9.21. The van der Waals surface area contributed by atoms with Gasteiger partial charge >= 0.3 is 5.76 Å². The zero-order valence-corrected chi connectivity index (χ0v) is 16.7. The van der Waals surface area contributed by atoms with E-state index in [-0.39, 0.29) is 23.1 Å². The maximum absolute atomic E-state index is 12.7. The summed E-state index contributed by atoms with van der Waals surface area (Å²) < 4.78 is 7.32. The van der Waals surface area contributed by atoms with Crippen LogP contribution in [0.5, 0.6) is 0 Å². The van der Waals surface area contributed by atoms with Crippen molar-refractivity contribution in [3.8, 4) is 0 Å². The van der Waals surface area contributed by atoms with Gasteiger partial charge in [0.05, 0.1) is 5.52 Å². The minimum absolute atomic E-state index is 0.0173. The first kappa shape index (κ1) is 18.3. The van der Waals surface area contributed by atoms with Crippen LogP contribution in [0.3, 0.4) is 0 Å². The van der Waals surface area contributed by atoms with Crippen molar-refractivity contribution >= 4 is 17.0 Å². The third-order valence-corrected chi connectivity index (χ3v) is 6.32. The maximum Gasteiger partial charge on any atom is 0.420 e. The summed E-state index contributed by atoms with van der Waals surface area (Å²) >= 11 is 0. The summed E-state index contributed by atoms with van der Waals surface area (Å²) in [6.07, 6.45) is 6.07. The molecule has 0 radical (unpaired) electrons. The van der Waals surface area contributed by atoms with Gasteiger partial charge in [0.25, 0.3) is 0 Å². The van der Waals surface area contributed by atoms with Gasteiger partial charge in [-0.2, -0.15) is 0 Å². The van der Waals surface area contributed by atoms with Crippen LogP contribution in [0.15, 0.2) is 27.4 Å². The Hall–Kier alpha value is -2.04. The normalized spacial score (nSPS) is 19.9. The van der Waals surface area contributed by atoms with Gasteiger partial charge in [-0.3, -0.25) is 9.36 Å². The molecular weight excluding hydrogens is 340 g/mol. The number of fused-ring (bicyclic) bond motifs is 1. The molecule has 2 fully saturated rings. The number of likely N-dealkylation sites (tertiary alicyclic amines) is 1. The third kappa shape index (κ3) is 3.44. The highest BCUT2D eigenvalue weighted by molar-refractivity contribution is 5.79. The molecule has 2 aromatic rings. The number of aromatic nitrogens is 1. The average molecular weight is 370 g/mol. The Labute approximate surface area is 160 Å². The van der Waals surface area contributed by atoms with Gasteiger partial charge in [0.15, 0.2) is 5.58 Å². The largest absolute Gasteiger partial charge is 0.420 e. The van der Waals surface area contributed by atoms with E-state index >= 15 is 0 Å². The van der Waals surface area contributed by atoms with Gasteiger partial charge in [-0.1, -0.05) is 39.7 Å². The van der Waals surface area contributed by atoms with E-state index in [1.165, 1.54) is 18.4 Å². The highest BCUT2D eigenvalue weighted by Crippen LogP contribution is 2.32. The molecule has 1 saturated heterocycles. The van der Waals surface area contributed by atoms with Gasteiger partial charge in [-0.15, -0.1) is 0 Å². The molecule has 146 valence electrons. The Morgan fingerprint density at radius 1 is 1.07 bits per heavy atom. The predicted molar refractivity (Wildman–Crippen MR) is 106 cm³/mol. The van der Waals surface area contributed by atoms with Crippen molar-refractivity contribution in [1.82, 2.24) is 9.47 Å². The number of oxazole rings is 1. The maximum atomic E-state index is 12.7. The van der Waals surface area contributed by atoms with Crippen LogP contribution in [0.1, 0.15) is 70.9 Å². The quantitative estimate of drug-likeness (QED) is 0.794. The van der Waals surface area contributed by atoms with E-state index in [9.17, 15) is 9.59 Å². The van der Waals surface area contributed by atoms with Crippen LogP contribution in [-0.4, -0.2) is 28.5 Å². The third-order valence-electron chi connectivity index (χ3n) is 6.32. The van der Waals surface area contributed by atoms with Crippen LogP contribution >= 0.6 is 0 Å². The summed E-state index contributed by atoms with van der Waals surface area (Å²) in [5.41, 5.74) is 2.74. The number of hydrogen-bond donors (Lipinski definition) is 0. The highest BCUT2D eigenvalue weighted by Gasteiger charge is 2.31. The molecule has 1 aromatic heterocycles. The van der Waals surface area contributed by atoms with Crippen molar-refractivity contribution < 1.29 is 9.21 Å². The summed E-state index contributed by atoms with van der Waals surface area (Å²) in [5, 5.41) is 0. The molecule has 0 atom stereocenters. The summed E-state index contributed by atoms with van der Waals surface area (Å²) in [5.74, 6) is 0.273. The fraction of sp³-hybridized carbons (Fsp3) is 0.636. The van der Waals surface area contributed by atoms with Crippen LogP contribution in [0.4, 0.5) is 0 Å². The van der Waals surface area contributed by atoms with Crippen molar-refractivity contribution in [1.29, 1.82) is 0 Å². The molecule has 4 rings (SSSR count). The number of carbonyl (C=O) groups excluding carboxylic acids is 1. The lowest BCUT2D eigenvalue weighted by molar-refractivity contribution is -0.136. The number of carbonyl (C=O) groups is 1. The zero-order chi connectivity index (χ0) is 19.2. The highest BCUT2D eigenvalue weighted by atomic mass is 16.4. The Bertz CT molecular complexity index is 888. The van der Waals surface area contributed by atoms with Crippen LogP contribution in [0.2, 0.25) is 0 Å². The Balaban J connectivity index is 1.55. The molecular formula is C22H30N2O3. The molecule has 0 spiro atoms. The molecule has 1 saturated carbocycles. The first-order valence-electron chi connectivity index (χ1n) is 10.3. The smallest absolute Gasteiger partial charge is 0.408 e. The standard InChI is InChI=1S/C22H30N2O3/c1-22(2,3)16-8-9-19-18(14-16)24(21(26)27-19)17-10-12-23(13-11-17)20(25)15-6-4-5-7-15/h8-9,14-15,17H,4-7,10-13H2,1-3H3. The summed E-state index contributed by atoms with van der Waals surface area (Å²) in [4.78, 5) is 27.2. The topological polar surface area (TPSA) is 55.5 Å². The van der Waals surface area contributed by atoms with Crippen LogP contribution in [0, 0.1) is 5.92 Å². The monoisotopic (exact) mass is 370 g/mol. The Morgan fingerprint density at radius 2 is 1.74 bits per heavy atom. The molecule has 2 heterocycles. The number of piperidine rings is 1. The van der Waals surface area contributed by atoms with E-state index in [1.54, 1.807) is 0 Å². The second-order valence-electron chi connectivity index (χ2n) is 9.21. The molecule has 1 aromatic carbocycles. The van der Waals surface area contributed by atoms with Crippen LogP contribution in [0.25, 0.3) is 11.1 Å². The summed E-state index contributed by atoms with van der Waals surface area (Å²) in [7, 11) is 0. The minimum atomic E-state index is -0.281. The predicted octanol–water partition coefficient (Wildman–Crippen LogP) is 4.25. The van der Waals surface area contributed by atoms with Gasteiger partial charge in [0.1, 0.15) is 0 Å². The molecule has 0 N–H and O–H groups in total. The van der Waals surface area contributed by atoms with E-state index in [1.807, 2.05) is 21.6 Å². The fourth-order valence-corrected chi connectivity index (χ4v) is 4.62. The number of benzene rings is 1.